The third-order valence-corrected chi connectivity index (χ3v) is 7.95. The standard InChI is InChI=1S/C27H36N4O6S/c1-27(2,3)36-26(33)30-24(15-19-9-5-4-6-10-19)25(32)17-31(37-20-11-7-8-12-20)38(34,35)21-13-14-22-23(16-21)29-18-28-22/h4-6,9-10,13-14,16,18,20,24-25,32H,7-8,11-12,15,17H2,1-3H3,(H,28,29)(H,30,33). The minimum atomic E-state index is -4.16. The highest BCUT2D eigenvalue weighted by atomic mass is 32.2. The molecule has 2 aromatic carbocycles. The average molecular weight is 545 g/mol. The van der Waals surface area contributed by atoms with Crippen molar-refractivity contribution in [2.45, 2.75) is 81.6 Å². The lowest BCUT2D eigenvalue weighted by Crippen LogP contribution is -2.51. The number of aliphatic hydroxyl groups excluding tert-OH is 1. The summed E-state index contributed by atoms with van der Waals surface area (Å²) in [6.45, 7) is 4.85. The molecule has 1 amide bonds. The largest absolute Gasteiger partial charge is 0.444 e. The Labute approximate surface area is 223 Å². The minimum Gasteiger partial charge on any atom is -0.444 e. The van der Waals surface area contributed by atoms with Gasteiger partial charge in [0.05, 0.1) is 47.1 Å². The Morgan fingerprint density at radius 1 is 1.18 bits per heavy atom. The van der Waals surface area contributed by atoms with Gasteiger partial charge in [0.1, 0.15) is 5.60 Å². The molecule has 38 heavy (non-hydrogen) atoms. The smallest absolute Gasteiger partial charge is 0.407 e. The Morgan fingerprint density at radius 3 is 2.58 bits per heavy atom. The van der Waals surface area contributed by atoms with E-state index in [0.29, 0.717) is 11.0 Å². The fourth-order valence-electron chi connectivity index (χ4n) is 4.44. The van der Waals surface area contributed by atoms with Gasteiger partial charge in [-0.1, -0.05) is 47.6 Å². The highest BCUT2D eigenvalue weighted by Crippen LogP contribution is 2.27. The maximum absolute atomic E-state index is 13.8. The van der Waals surface area contributed by atoms with E-state index in [0.717, 1.165) is 35.7 Å². The van der Waals surface area contributed by atoms with Gasteiger partial charge in [-0.05, 0) is 63.8 Å². The summed E-state index contributed by atoms with van der Waals surface area (Å²) < 4.78 is 33.8. The molecule has 1 aliphatic rings. The zero-order valence-electron chi connectivity index (χ0n) is 22.0. The Kier molecular flexibility index (Phi) is 8.71. The fourth-order valence-corrected chi connectivity index (χ4v) is 5.77. The number of benzene rings is 2. The molecule has 1 aliphatic carbocycles. The van der Waals surface area contributed by atoms with E-state index in [1.54, 1.807) is 26.8 Å². The van der Waals surface area contributed by atoms with Gasteiger partial charge in [0.2, 0.25) is 0 Å². The molecule has 0 radical (unpaired) electrons. The van der Waals surface area contributed by atoms with Gasteiger partial charge in [-0.3, -0.25) is 4.84 Å². The zero-order chi connectivity index (χ0) is 27.3. The third kappa shape index (κ3) is 7.31. The summed E-state index contributed by atoms with van der Waals surface area (Å²) >= 11 is 0. The molecule has 0 aliphatic heterocycles. The zero-order valence-corrected chi connectivity index (χ0v) is 22.8. The summed E-state index contributed by atoms with van der Waals surface area (Å²) in [7, 11) is -4.16. The molecule has 2 atom stereocenters. The predicted molar refractivity (Wildman–Crippen MR) is 143 cm³/mol. The number of nitrogens with one attached hydrogen (secondary N) is 2. The molecule has 2 unspecified atom stereocenters. The molecule has 4 rings (SSSR count). The summed E-state index contributed by atoms with van der Waals surface area (Å²) in [5, 5.41) is 14.1. The lowest BCUT2D eigenvalue weighted by molar-refractivity contribution is -0.145. The first-order valence-corrected chi connectivity index (χ1v) is 14.3. The van der Waals surface area contributed by atoms with Gasteiger partial charge in [-0.2, -0.15) is 0 Å². The summed E-state index contributed by atoms with van der Waals surface area (Å²) in [5.41, 5.74) is 1.33. The van der Waals surface area contributed by atoms with Crippen molar-refractivity contribution in [3.8, 4) is 0 Å². The van der Waals surface area contributed by atoms with E-state index in [2.05, 4.69) is 15.3 Å². The van der Waals surface area contributed by atoms with E-state index < -0.39 is 33.9 Å². The maximum atomic E-state index is 13.8. The number of imidazole rings is 1. The summed E-state index contributed by atoms with van der Waals surface area (Å²) in [6.07, 6.45) is 2.82. The van der Waals surface area contributed by atoms with Crippen LogP contribution >= 0.6 is 0 Å². The Bertz CT molecular complexity index is 1320. The Balaban J connectivity index is 1.60. The number of hydrogen-bond donors (Lipinski definition) is 3. The number of amides is 1. The minimum absolute atomic E-state index is 0.0131. The molecule has 1 fully saturated rings. The number of H-pyrrole nitrogens is 1. The van der Waals surface area contributed by atoms with Crippen LogP contribution in [0.3, 0.4) is 0 Å². The molecule has 1 heterocycles. The molecule has 3 N–H and O–H groups in total. The lowest BCUT2D eigenvalue weighted by Gasteiger charge is -2.31. The maximum Gasteiger partial charge on any atom is 0.407 e. The average Bonchev–Trinajstić information content (AvgIpc) is 3.54. The SMILES string of the molecule is CC(C)(C)OC(=O)NC(Cc1ccccc1)C(O)CN(OC1CCCC1)S(=O)(=O)c1ccc2nc[nH]c2c1. The number of carbonyl (C=O) groups is 1. The van der Waals surface area contributed by atoms with Gasteiger partial charge in [-0.15, -0.1) is 0 Å². The molecular formula is C27H36N4O6S. The van der Waals surface area contributed by atoms with Crippen LogP contribution in [0.5, 0.6) is 0 Å². The third-order valence-electron chi connectivity index (χ3n) is 6.33. The number of alkyl carbamates (subject to hydrolysis) is 1. The highest BCUT2D eigenvalue weighted by Gasteiger charge is 2.35. The van der Waals surface area contributed by atoms with E-state index >= 15 is 0 Å². The first-order chi connectivity index (χ1) is 18.0. The monoisotopic (exact) mass is 544 g/mol. The predicted octanol–water partition coefficient (Wildman–Crippen LogP) is 3.92. The second-order valence-electron chi connectivity index (χ2n) is 10.6. The van der Waals surface area contributed by atoms with Crippen LogP contribution in [0, 0.1) is 0 Å². The Morgan fingerprint density at radius 2 is 1.89 bits per heavy atom. The molecule has 11 heteroatoms. The van der Waals surface area contributed by atoms with Crippen LogP contribution in [-0.4, -0.2) is 64.4 Å². The van der Waals surface area contributed by atoms with Crippen molar-refractivity contribution in [3.05, 3.63) is 60.4 Å². The number of nitrogens with zero attached hydrogens (tertiary/aromatic N) is 2. The van der Waals surface area contributed by atoms with E-state index in [1.165, 1.54) is 18.5 Å². The molecule has 206 valence electrons. The second kappa shape index (κ2) is 11.8. The molecule has 0 bridgehead atoms. The van der Waals surface area contributed by atoms with Crippen molar-refractivity contribution in [3.63, 3.8) is 0 Å². The van der Waals surface area contributed by atoms with Crippen LogP contribution < -0.4 is 5.32 Å². The number of rotatable bonds is 10. The van der Waals surface area contributed by atoms with Gasteiger partial charge in [-0.25, -0.2) is 18.2 Å². The number of aromatic nitrogens is 2. The van der Waals surface area contributed by atoms with Crippen molar-refractivity contribution in [2.75, 3.05) is 6.54 Å². The van der Waals surface area contributed by atoms with Crippen LogP contribution in [-0.2, 0) is 26.0 Å². The highest BCUT2D eigenvalue weighted by molar-refractivity contribution is 7.89. The molecule has 10 nitrogen and oxygen atoms in total. The van der Waals surface area contributed by atoms with E-state index in [1.807, 2.05) is 30.3 Å². The quantitative estimate of drug-likeness (QED) is 0.329. The van der Waals surface area contributed by atoms with E-state index in [9.17, 15) is 18.3 Å². The van der Waals surface area contributed by atoms with Crippen LogP contribution in [0.15, 0.2) is 59.8 Å². The normalized spacial score (nSPS) is 16.6. The van der Waals surface area contributed by atoms with Crippen molar-refractivity contribution < 1.29 is 27.9 Å². The number of carbonyl (C=O) groups excluding carboxylic acids is 1. The van der Waals surface area contributed by atoms with Crippen molar-refractivity contribution in [1.82, 2.24) is 19.8 Å². The number of fused-ring (bicyclic) bond motifs is 1. The number of sulfonamides is 1. The molecule has 0 saturated heterocycles. The number of aliphatic hydroxyl groups is 1. The van der Waals surface area contributed by atoms with Crippen molar-refractivity contribution >= 4 is 27.1 Å². The molecule has 1 aromatic heterocycles. The van der Waals surface area contributed by atoms with Crippen LogP contribution in [0.2, 0.25) is 0 Å². The van der Waals surface area contributed by atoms with E-state index in [-0.39, 0.29) is 24.0 Å². The van der Waals surface area contributed by atoms with Gasteiger partial charge in [0.25, 0.3) is 10.0 Å². The number of aromatic amines is 1. The summed E-state index contributed by atoms with van der Waals surface area (Å²) in [6, 6.07) is 13.1. The summed E-state index contributed by atoms with van der Waals surface area (Å²) in [4.78, 5) is 25.7. The molecule has 3 aromatic rings. The summed E-state index contributed by atoms with van der Waals surface area (Å²) in [5.74, 6) is 0. The molecular weight excluding hydrogens is 508 g/mol. The molecule has 1 saturated carbocycles. The number of hydrogen-bond acceptors (Lipinski definition) is 7. The van der Waals surface area contributed by atoms with Crippen molar-refractivity contribution in [2.24, 2.45) is 0 Å². The van der Waals surface area contributed by atoms with Crippen LogP contribution in [0.1, 0.15) is 52.0 Å². The van der Waals surface area contributed by atoms with E-state index in [4.69, 9.17) is 9.57 Å². The molecule has 0 spiro atoms. The number of hydroxylamine groups is 1. The topological polar surface area (TPSA) is 134 Å². The number of ether oxygens (including phenoxy) is 1. The second-order valence-corrected chi connectivity index (χ2v) is 12.4. The Hall–Kier alpha value is -2.99. The van der Waals surface area contributed by atoms with Crippen molar-refractivity contribution in [1.29, 1.82) is 0 Å². The van der Waals surface area contributed by atoms with Gasteiger partial charge < -0.3 is 20.1 Å². The van der Waals surface area contributed by atoms with Crippen LogP contribution in [0.25, 0.3) is 11.0 Å². The first kappa shape index (κ1) is 28.0. The fraction of sp³-hybridized carbons (Fsp3) is 0.481. The van der Waals surface area contributed by atoms with Gasteiger partial charge in [0, 0.05) is 0 Å². The van der Waals surface area contributed by atoms with Gasteiger partial charge >= 0.3 is 6.09 Å². The first-order valence-electron chi connectivity index (χ1n) is 12.9. The lowest BCUT2D eigenvalue weighted by atomic mass is 10.0. The van der Waals surface area contributed by atoms with Gasteiger partial charge in [0.15, 0.2) is 0 Å². The van der Waals surface area contributed by atoms with Crippen LogP contribution in [0.4, 0.5) is 4.79 Å².